The van der Waals surface area contributed by atoms with E-state index >= 15 is 0 Å². The van der Waals surface area contributed by atoms with Crippen LogP contribution in [0.1, 0.15) is 21.5 Å². The molecule has 0 spiro atoms. The number of carbonyl (C=O) groups excluding carboxylic acids is 1. The molecule has 8 heteroatoms. The van der Waals surface area contributed by atoms with Gasteiger partial charge in [-0.1, -0.05) is 18.2 Å². The van der Waals surface area contributed by atoms with Crippen LogP contribution in [0.5, 0.6) is 0 Å². The van der Waals surface area contributed by atoms with Crippen LogP contribution in [0.15, 0.2) is 71.6 Å². The third-order valence-corrected chi connectivity index (χ3v) is 5.91. The zero-order chi connectivity index (χ0) is 21.9. The summed E-state index contributed by atoms with van der Waals surface area (Å²) in [5, 5.41) is 0. The molecule has 0 unspecified atom stereocenters. The molecule has 0 aliphatic carbocycles. The van der Waals surface area contributed by atoms with E-state index in [1.165, 1.54) is 54.3 Å². The lowest BCUT2D eigenvalue weighted by atomic mass is 10.1. The fraction of sp³-hybridized carbons (Fsp3) is 0.136. The van der Waals surface area contributed by atoms with Gasteiger partial charge in [-0.3, -0.25) is 9.52 Å². The van der Waals surface area contributed by atoms with Gasteiger partial charge in [0.25, 0.3) is 15.9 Å². The molecule has 0 bridgehead atoms. The molecule has 3 rings (SSSR count). The Morgan fingerprint density at radius 3 is 2.27 bits per heavy atom. The van der Waals surface area contributed by atoms with Gasteiger partial charge in [0, 0.05) is 30.4 Å². The smallest absolute Gasteiger partial charge is 0.261 e. The van der Waals surface area contributed by atoms with Gasteiger partial charge in [-0.15, -0.1) is 0 Å². The van der Waals surface area contributed by atoms with Crippen LogP contribution >= 0.6 is 0 Å². The van der Waals surface area contributed by atoms with E-state index in [0.29, 0.717) is 11.1 Å². The third-order valence-electron chi connectivity index (χ3n) is 4.54. The number of sulfonamides is 1. The standard InChI is InChI=1S/C22H20F2N2O3S/c1-15-13-19(11-12-20(15)23)30(28,29)25-18-9-7-16(8-10-18)22(27)26(2)14-17-5-3-4-6-21(17)24/h3-13,25H,14H2,1-2H3. The van der Waals surface area contributed by atoms with Crippen LogP contribution in [-0.2, 0) is 16.6 Å². The van der Waals surface area contributed by atoms with Crippen molar-refractivity contribution in [2.24, 2.45) is 0 Å². The highest BCUT2D eigenvalue weighted by molar-refractivity contribution is 7.92. The van der Waals surface area contributed by atoms with Crippen molar-refractivity contribution in [3.63, 3.8) is 0 Å². The molecule has 0 saturated heterocycles. The molecule has 1 amide bonds. The van der Waals surface area contributed by atoms with E-state index in [2.05, 4.69) is 4.72 Å². The van der Waals surface area contributed by atoms with Gasteiger partial charge in [-0.2, -0.15) is 0 Å². The average molecular weight is 430 g/mol. The molecule has 0 atom stereocenters. The first-order chi connectivity index (χ1) is 14.2. The summed E-state index contributed by atoms with van der Waals surface area (Å²) in [6, 6.07) is 15.6. The maximum Gasteiger partial charge on any atom is 0.261 e. The van der Waals surface area contributed by atoms with Gasteiger partial charge >= 0.3 is 0 Å². The van der Waals surface area contributed by atoms with E-state index in [9.17, 15) is 22.0 Å². The summed E-state index contributed by atoms with van der Waals surface area (Å²) in [6.07, 6.45) is 0. The van der Waals surface area contributed by atoms with Gasteiger partial charge in [0.1, 0.15) is 11.6 Å². The van der Waals surface area contributed by atoms with Gasteiger partial charge in [-0.25, -0.2) is 17.2 Å². The van der Waals surface area contributed by atoms with Crippen molar-refractivity contribution in [2.75, 3.05) is 11.8 Å². The van der Waals surface area contributed by atoms with E-state index in [-0.39, 0.29) is 28.6 Å². The lowest BCUT2D eigenvalue weighted by molar-refractivity contribution is 0.0784. The van der Waals surface area contributed by atoms with Crippen molar-refractivity contribution >= 4 is 21.6 Å². The molecule has 30 heavy (non-hydrogen) atoms. The van der Waals surface area contributed by atoms with Crippen LogP contribution in [0.4, 0.5) is 14.5 Å². The van der Waals surface area contributed by atoms with Crippen LogP contribution < -0.4 is 4.72 Å². The van der Waals surface area contributed by atoms with E-state index in [0.717, 1.165) is 6.07 Å². The number of benzene rings is 3. The number of amides is 1. The van der Waals surface area contributed by atoms with E-state index in [4.69, 9.17) is 0 Å². The van der Waals surface area contributed by atoms with E-state index < -0.39 is 21.7 Å². The molecule has 3 aromatic rings. The number of hydrogen-bond acceptors (Lipinski definition) is 3. The van der Waals surface area contributed by atoms with E-state index in [1.807, 2.05) is 0 Å². The highest BCUT2D eigenvalue weighted by Crippen LogP contribution is 2.20. The van der Waals surface area contributed by atoms with Crippen LogP contribution in [0.2, 0.25) is 0 Å². The number of carbonyl (C=O) groups is 1. The van der Waals surface area contributed by atoms with Crippen molar-refractivity contribution < 1.29 is 22.0 Å². The molecule has 0 aliphatic rings. The first-order valence-electron chi connectivity index (χ1n) is 9.05. The number of halogens is 2. The minimum Gasteiger partial charge on any atom is -0.337 e. The van der Waals surface area contributed by atoms with Gasteiger partial charge < -0.3 is 4.90 Å². The van der Waals surface area contributed by atoms with Crippen LogP contribution in [0.3, 0.4) is 0 Å². The van der Waals surface area contributed by atoms with Crippen molar-refractivity contribution in [1.82, 2.24) is 4.90 Å². The molecule has 0 radical (unpaired) electrons. The molecule has 0 aliphatic heterocycles. The summed E-state index contributed by atoms with van der Waals surface area (Å²) in [4.78, 5) is 13.9. The topological polar surface area (TPSA) is 66.5 Å². The van der Waals surface area contributed by atoms with E-state index in [1.54, 1.807) is 25.2 Å². The molecule has 0 saturated carbocycles. The lowest BCUT2D eigenvalue weighted by Gasteiger charge is -2.18. The maximum atomic E-state index is 13.8. The number of aryl methyl sites for hydroxylation is 1. The Labute approximate surface area is 174 Å². The Morgan fingerprint density at radius 2 is 1.63 bits per heavy atom. The number of anilines is 1. The molecule has 3 aromatic carbocycles. The summed E-state index contributed by atoms with van der Waals surface area (Å²) in [7, 11) is -2.34. The zero-order valence-corrected chi connectivity index (χ0v) is 17.2. The van der Waals surface area contributed by atoms with Crippen molar-refractivity contribution in [3.05, 3.63) is 95.1 Å². The van der Waals surface area contributed by atoms with Crippen LogP contribution in [0, 0.1) is 18.6 Å². The number of nitrogens with one attached hydrogen (secondary N) is 1. The highest BCUT2D eigenvalue weighted by Gasteiger charge is 2.17. The number of hydrogen-bond donors (Lipinski definition) is 1. The molecule has 156 valence electrons. The lowest BCUT2D eigenvalue weighted by Crippen LogP contribution is -2.26. The fourth-order valence-corrected chi connectivity index (χ4v) is 4.00. The largest absolute Gasteiger partial charge is 0.337 e. The monoisotopic (exact) mass is 430 g/mol. The zero-order valence-electron chi connectivity index (χ0n) is 16.4. The number of rotatable bonds is 6. The Balaban J connectivity index is 1.71. The van der Waals surface area contributed by atoms with Crippen molar-refractivity contribution in [3.8, 4) is 0 Å². The molecule has 0 fully saturated rings. The van der Waals surface area contributed by atoms with Crippen LogP contribution in [-0.4, -0.2) is 26.3 Å². The fourth-order valence-electron chi connectivity index (χ4n) is 2.85. The predicted octanol–water partition coefficient (Wildman–Crippen LogP) is 4.35. The van der Waals surface area contributed by atoms with Gasteiger partial charge in [-0.05, 0) is 61.0 Å². The summed E-state index contributed by atoms with van der Waals surface area (Å²) in [6.45, 7) is 1.58. The second kappa shape index (κ2) is 8.62. The third kappa shape index (κ3) is 4.83. The van der Waals surface area contributed by atoms with Crippen molar-refractivity contribution in [2.45, 2.75) is 18.4 Å². The first-order valence-corrected chi connectivity index (χ1v) is 10.5. The summed E-state index contributed by atoms with van der Waals surface area (Å²) in [5.74, 6) is -1.21. The Bertz CT molecular complexity index is 1180. The summed E-state index contributed by atoms with van der Waals surface area (Å²) in [5.41, 5.74) is 1.20. The Morgan fingerprint density at radius 1 is 0.967 bits per heavy atom. The summed E-state index contributed by atoms with van der Waals surface area (Å²) >= 11 is 0. The molecule has 0 aromatic heterocycles. The number of nitrogens with zero attached hydrogens (tertiary/aromatic N) is 1. The molecule has 0 heterocycles. The highest BCUT2D eigenvalue weighted by atomic mass is 32.2. The maximum absolute atomic E-state index is 13.8. The minimum absolute atomic E-state index is 0.0637. The van der Waals surface area contributed by atoms with Crippen molar-refractivity contribution in [1.29, 1.82) is 0 Å². The van der Waals surface area contributed by atoms with Crippen LogP contribution in [0.25, 0.3) is 0 Å². The molecular weight excluding hydrogens is 410 g/mol. The molecule has 5 nitrogen and oxygen atoms in total. The first kappa shape index (κ1) is 21.4. The Kier molecular flexibility index (Phi) is 6.17. The summed E-state index contributed by atoms with van der Waals surface area (Å²) < 4.78 is 54.5. The second-order valence-electron chi connectivity index (χ2n) is 6.85. The predicted molar refractivity (Wildman–Crippen MR) is 111 cm³/mol. The quantitative estimate of drug-likeness (QED) is 0.632. The average Bonchev–Trinajstić information content (AvgIpc) is 2.71. The second-order valence-corrected chi connectivity index (χ2v) is 8.53. The Hall–Kier alpha value is -3.26. The van der Waals surface area contributed by atoms with Gasteiger partial charge in [0.2, 0.25) is 0 Å². The molecule has 1 N–H and O–H groups in total. The normalized spacial score (nSPS) is 11.2. The van der Waals surface area contributed by atoms with Gasteiger partial charge in [0.05, 0.1) is 4.90 Å². The van der Waals surface area contributed by atoms with Gasteiger partial charge in [0.15, 0.2) is 0 Å². The minimum atomic E-state index is -3.90. The molecular formula is C22H20F2N2O3S. The SMILES string of the molecule is Cc1cc(S(=O)(=O)Nc2ccc(C(=O)N(C)Cc3ccccc3F)cc2)ccc1F.